The molecular weight excluding hydrogens is 261 g/mol. The normalized spacial score (nSPS) is 19.1. The highest BCUT2D eigenvalue weighted by molar-refractivity contribution is 9.10. The van der Waals surface area contributed by atoms with Crippen LogP contribution in [0.15, 0.2) is 22.7 Å². The van der Waals surface area contributed by atoms with Crippen LogP contribution in [0.3, 0.4) is 0 Å². The average Bonchev–Trinajstić information content (AvgIpc) is 2.06. The van der Waals surface area contributed by atoms with Crippen molar-refractivity contribution in [3.63, 3.8) is 0 Å². The lowest BCUT2D eigenvalue weighted by atomic mass is 9.78. The van der Waals surface area contributed by atoms with Crippen LogP contribution in [0.4, 0.5) is 0 Å². The van der Waals surface area contributed by atoms with Crippen LogP contribution in [0, 0.1) is 5.92 Å². The van der Waals surface area contributed by atoms with Crippen LogP contribution in [-0.4, -0.2) is 0 Å². The van der Waals surface area contributed by atoms with E-state index in [2.05, 4.69) is 22.0 Å². The van der Waals surface area contributed by atoms with E-state index in [4.69, 9.17) is 17.3 Å². The number of nitrogens with two attached hydrogens (primary N) is 1. The summed E-state index contributed by atoms with van der Waals surface area (Å²) in [7, 11) is 0. The summed E-state index contributed by atoms with van der Waals surface area (Å²) in [5, 5.41) is 0.747. The molecule has 3 heteroatoms. The van der Waals surface area contributed by atoms with Gasteiger partial charge in [0, 0.05) is 10.5 Å². The fraction of sp³-hybridized carbons (Fsp3) is 0.455. The van der Waals surface area contributed by atoms with Gasteiger partial charge in [0.1, 0.15) is 0 Å². The quantitative estimate of drug-likeness (QED) is 0.869. The molecule has 14 heavy (non-hydrogen) atoms. The SMILES string of the molecule is N[C@@H](c1cccc(Cl)c1Br)C1CCC1. The smallest absolute Gasteiger partial charge is 0.0551 e. The predicted octanol–water partition coefficient (Wildman–Crippen LogP) is 3.90. The van der Waals surface area contributed by atoms with Crippen molar-refractivity contribution in [1.82, 2.24) is 0 Å². The first-order valence-corrected chi connectivity index (χ1v) is 6.06. The van der Waals surface area contributed by atoms with Crippen molar-refractivity contribution in [2.45, 2.75) is 25.3 Å². The van der Waals surface area contributed by atoms with Gasteiger partial charge in [-0.1, -0.05) is 30.2 Å². The van der Waals surface area contributed by atoms with Gasteiger partial charge in [0.25, 0.3) is 0 Å². The van der Waals surface area contributed by atoms with Crippen LogP contribution < -0.4 is 5.73 Å². The van der Waals surface area contributed by atoms with Gasteiger partial charge in [0.05, 0.1) is 5.02 Å². The van der Waals surface area contributed by atoms with Crippen molar-refractivity contribution < 1.29 is 0 Å². The Kier molecular flexibility index (Phi) is 3.15. The Morgan fingerprint density at radius 3 is 2.71 bits per heavy atom. The molecular formula is C11H13BrClN. The van der Waals surface area contributed by atoms with Crippen molar-refractivity contribution in [3.05, 3.63) is 33.3 Å². The van der Waals surface area contributed by atoms with E-state index < -0.39 is 0 Å². The van der Waals surface area contributed by atoms with Crippen molar-refractivity contribution in [1.29, 1.82) is 0 Å². The number of hydrogen-bond donors (Lipinski definition) is 1. The fourth-order valence-electron chi connectivity index (χ4n) is 1.83. The summed E-state index contributed by atoms with van der Waals surface area (Å²) in [6.45, 7) is 0. The van der Waals surface area contributed by atoms with E-state index in [1.807, 2.05) is 12.1 Å². The molecule has 2 rings (SSSR count). The minimum atomic E-state index is 0.136. The topological polar surface area (TPSA) is 26.0 Å². The van der Waals surface area contributed by atoms with Gasteiger partial charge in [0.15, 0.2) is 0 Å². The van der Waals surface area contributed by atoms with Gasteiger partial charge < -0.3 is 5.73 Å². The van der Waals surface area contributed by atoms with Crippen LogP contribution in [-0.2, 0) is 0 Å². The lowest BCUT2D eigenvalue weighted by molar-refractivity contribution is 0.264. The molecule has 1 aromatic carbocycles. The molecule has 0 saturated heterocycles. The molecule has 1 atom stereocenters. The molecule has 2 N–H and O–H groups in total. The molecule has 0 spiro atoms. The van der Waals surface area contributed by atoms with Crippen LogP contribution in [0.2, 0.25) is 5.02 Å². The molecule has 0 radical (unpaired) electrons. The molecule has 1 fully saturated rings. The molecule has 1 aliphatic carbocycles. The first-order valence-electron chi connectivity index (χ1n) is 4.89. The van der Waals surface area contributed by atoms with Gasteiger partial charge in [-0.25, -0.2) is 0 Å². The van der Waals surface area contributed by atoms with Crippen LogP contribution in [0.1, 0.15) is 30.9 Å². The number of benzene rings is 1. The standard InChI is InChI=1S/C11H13BrClN/c12-10-8(5-2-6-9(10)13)11(14)7-3-1-4-7/h2,5-7,11H,1,3-4,14H2/t11-/m1/s1. The minimum absolute atomic E-state index is 0.136. The first-order chi connectivity index (χ1) is 6.70. The van der Waals surface area contributed by atoms with Gasteiger partial charge in [-0.3, -0.25) is 0 Å². The number of hydrogen-bond acceptors (Lipinski definition) is 1. The fourth-order valence-corrected chi connectivity index (χ4v) is 2.54. The summed E-state index contributed by atoms with van der Waals surface area (Å²) in [4.78, 5) is 0. The third-order valence-corrected chi connectivity index (χ3v) is 4.43. The summed E-state index contributed by atoms with van der Waals surface area (Å²) >= 11 is 9.51. The van der Waals surface area contributed by atoms with E-state index in [9.17, 15) is 0 Å². The lowest BCUT2D eigenvalue weighted by Gasteiger charge is -2.32. The maximum absolute atomic E-state index is 6.18. The second-order valence-electron chi connectivity index (χ2n) is 3.86. The molecule has 1 aliphatic rings. The largest absolute Gasteiger partial charge is 0.324 e. The number of halogens is 2. The number of rotatable bonds is 2. The van der Waals surface area contributed by atoms with Crippen LogP contribution >= 0.6 is 27.5 Å². The molecule has 0 bridgehead atoms. The Morgan fingerprint density at radius 2 is 2.14 bits per heavy atom. The third-order valence-electron chi connectivity index (χ3n) is 3.00. The van der Waals surface area contributed by atoms with Crippen LogP contribution in [0.25, 0.3) is 0 Å². The van der Waals surface area contributed by atoms with E-state index >= 15 is 0 Å². The molecule has 0 aromatic heterocycles. The molecule has 1 nitrogen and oxygen atoms in total. The monoisotopic (exact) mass is 273 g/mol. The summed E-state index contributed by atoms with van der Waals surface area (Å²) in [6, 6.07) is 6.03. The lowest BCUT2D eigenvalue weighted by Crippen LogP contribution is -2.27. The van der Waals surface area contributed by atoms with Gasteiger partial charge >= 0.3 is 0 Å². The Morgan fingerprint density at radius 1 is 1.43 bits per heavy atom. The van der Waals surface area contributed by atoms with E-state index in [0.717, 1.165) is 15.1 Å². The van der Waals surface area contributed by atoms with Gasteiger partial charge in [-0.15, -0.1) is 0 Å². The molecule has 76 valence electrons. The van der Waals surface area contributed by atoms with Gasteiger partial charge in [-0.05, 0) is 46.3 Å². The third kappa shape index (κ3) is 1.83. The van der Waals surface area contributed by atoms with Crippen molar-refractivity contribution >= 4 is 27.5 Å². The molecule has 1 aromatic rings. The molecule has 0 heterocycles. The van der Waals surface area contributed by atoms with Crippen molar-refractivity contribution in [3.8, 4) is 0 Å². The predicted molar refractivity (Wildman–Crippen MR) is 63.4 cm³/mol. The Hall–Kier alpha value is -0.0500. The Balaban J connectivity index is 2.26. The summed E-state index contributed by atoms with van der Waals surface area (Å²) in [5.74, 6) is 0.643. The Labute approximate surface area is 97.8 Å². The first kappa shape index (κ1) is 10.5. The van der Waals surface area contributed by atoms with E-state index in [-0.39, 0.29) is 6.04 Å². The zero-order chi connectivity index (χ0) is 10.1. The van der Waals surface area contributed by atoms with Crippen LogP contribution in [0.5, 0.6) is 0 Å². The zero-order valence-corrected chi connectivity index (χ0v) is 10.2. The summed E-state index contributed by atoms with van der Waals surface area (Å²) in [6.07, 6.45) is 3.82. The highest BCUT2D eigenvalue weighted by atomic mass is 79.9. The van der Waals surface area contributed by atoms with Crippen molar-refractivity contribution in [2.24, 2.45) is 11.7 Å². The van der Waals surface area contributed by atoms with Gasteiger partial charge in [0.2, 0.25) is 0 Å². The average molecular weight is 275 g/mol. The summed E-state index contributed by atoms with van der Waals surface area (Å²) in [5.41, 5.74) is 7.32. The minimum Gasteiger partial charge on any atom is -0.324 e. The zero-order valence-electron chi connectivity index (χ0n) is 7.84. The van der Waals surface area contributed by atoms with Gasteiger partial charge in [-0.2, -0.15) is 0 Å². The van der Waals surface area contributed by atoms with E-state index in [1.165, 1.54) is 19.3 Å². The van der Waals surface area contributed by atoms with E-state index in [0.29, 0.717) is 5.92 Å². The highest BCUT2D eigenvalue weighted by Gasteiger charge is 2.26. The van der Waals surface area contributed by atoms with Crippen molar-refractivity contribution in [2.75, 3.05) is 0 Å². The second-order valence-corrected chi connectivity index (χ2v) is 5.06. The van der Waals surface area contributed by atoms with E-state index in [1.54, 1.807) is 0 Å². The maximum atomic E-state index is 6.18. The summed E-state index contributed by atoms with van der Waals surface area (Å²) < 4.78 is 0.959. The Bertz CT molecular complexity index is 336. The molecule has 0 amide bonds. The second kappa shape index (κ2) is 4.21. The molecule has 1 saturated carbocycles. The highest BCUT2D eigenvalue weighted by Crippen LogP contribution is 2.39. The molecule has 0 unspecified atom stereocenters. The molecule has 0 aliphatic heterocycles. The maximum Gasteiger partial charge on any atom is 0.0551 e.